The molecule has 0 aromatic heterocycles. The van der Waals surface area contributed by atoms with Gasteiger partial charge in [-0.3, -0.25) is 19.2 Å². The molecule has 0 bridgehead atoms. The molecule has 0 saturated heterocycles. The summed E-state index contributed by atoms with van der Waals surface area (Å²) in [4.78, 5) is 51.8. The van der Waals surface area contributed by atoms with Gasteiger partial charge in [0.25, 0.3) is 0 Å². The highest BCUT2D eigenvalue weighted by atomic mass is 16.4. The highest BCUT2D eigenvalue weighted by Crippen LogP contribution is 2.69. The second-order valence-corrected chi connectivity index (χ2v) is 13.8. The van der Waals surface area contributed by atoms with Crippen molar-refractivity contribution in [3.8, 4) is 0 Å². The van der Waals surface area contributed by atoms with Crippen molar-refractivity contribution in [3.63, 3.8) is 0 Å². The first-order valence-electron chi connectivity index (χ1n) is 13.6. The zero-order valence-corrected chi connectivity index (χ0v) is 23.6. The Morgan fingerprint density at radius 2 is 1.74 bits per heavy atom. The molecule has 210 valence electrons. The second kappa shape index (κ2) is 8.67. The Hall–Kier alpha value is -2.16. The van der Waals surface area contributed by atoms with Crippen LogP contribution in [0.15, 0.2) is 22.8 Å². The number of hydrogen-bond acceptors (Lipinski definition) is 7. The molecule has 0 aromatic rings. The normalized spacial score (nSPS) is 40.5. The Kier molecular flexibility index (Phi) is 6.58. The molecule has 0 amide bonds. The first-order chi connectivity index (χ1) is 17.2. The summed E-state index contributed by atoms with van der Waals surface area (Å²) in [7, 11) is 0. The Morgan fingerprint density at radius 1 is 1.13 bits per heavy atom. The summed E-state index contributed by atoms with van der Waals surface area (Å²) < 4.78 is 0. The molecule has 0 radical (unpaired) electrons. The van der Waals surface area contributed by atoms with Crippen molar-refractivity contribution < 1.29 is 39.6 Å². The molecule has 8 atom stereocenters. The van der Waals surface area contributed by atoms with Gasteiger partial charge in [-0.2, -0.15) is 0 Å². The number of hydrogen-bond donors (Lipinski definition) is 4. The van der Waals surface area contributed by atoms with Gasteiger partial charge in [-0.05, 0) is 67.1 Å². The second-order valence-electron chi connectivity index (χ2n) is 13.8. The Labute approximate surface area is 224 Å². The monoisotopic (exact) mass is 530 g/mol. The molecule has 4 N–H and O–H groups in total. The first kappa shape index (κ1) is 28.8. The summed E-state index contributed by atoms with van der Waals surface area (Å²) in [5, 5.41) is 43.1. The van der Waals surface area contributed by atoms with Crippen LogP contribution in [0.25, 0.3) is 0 Å². The number of Topliss-reactive ketones (excluding diaryl/α,β-unsaturated/α-hetero) is 2. The van der Waals surface area contributed by atoms with Crippen molar-refractivity contribution in [1.82, 2.24) is 0 Å². The van der Waals surface area contributed by atoms with Crippen molar-refractivity contribution in [2.24, 2.45) is 33.5 Å². The maximum absolute atomic E-state index is 14.1. The summed E-state index contributed by atoms with van der Waals surface area (Å²) >= 11 is 0. The van der Waals surface area contributed by atoms with Crippen LogP contribution in [0.2, 0.25) is 0 Å². The van der Waals surface area contributed by atoms with Gasteiger partial charge in [0.15, 0.2) is 11.6 Å². The standard InChI is InChI=1S/C30H42O8/c1-15(25(36)37)10-16(31)13-29(6,38)20-12-22(35)30(7)24-17(32)11-19-26(2,3)21(34)8-9-27(19,4)23(24)18(33)14-28(20,30)5/h12,15,17,19,21,32,34,38H,8-11,13-14H2,1-7H3,(H,36,37)/t15-,17-,19+,21-,27-,28+,29-,30-/m0/s1. The summed E-state index contributed by atoms with van der Waals surface area (Å²) in [5.74, 6) is -3.13. The van der Waals surface area contributed by atoms with E-state index in [0.29, 0.717) is 30.4 Å². The lowest BCUT2D eigenvalue weighted by atomic mass is 9.42. The van der Waals surface area contributed by atoms with E-state index in [1.165, 1.54) is 19.9 Å². The number of fused-ring (bicyclic) bond motifs is 4. The topological polar surface area (TPSA) is 149 Å². The van der Waals surface area contributed by atoms with Gasteiger partial charge in [-0.25, -0.2) is 0 Å². The lowest BCUT2D eigenvalue weighted by Gasteiger charge is -2.61. The van der Waals surface area contributed by atoms with Gasteiger partial charge < -0.3 is 20.4 Å². The molecule has 0 heterocycles. The van der Waals surface area contributed by atoms with E-state index in [-0.39, 0.29) is 42.3 Å². The third-order valence-corrected chi connectivity index (χ3v) is 11.0. The van der Waals surface area contributed by atoms with Gasteiger partial charge in [0.2, 0.25) is 0 Å². The third kappa shape index (κ3) is 3.74. The molecule has 8 nitrogen and oxygen atoms in total. The van der Waals surface area contributed by atoms with E-state index in [1.807, 2.05) is 20.8 Å². The third-order valence-electron chi connectivity index (χ3n) is 11.0. The minimum absolute atomic E-state index is 0.0617. The van der Waals surface area contributed by atoms with Crippen LogP contribution in [0.4, 0.5) is 0 Å². The smallest absolute Gasteiger partial charge is 0.306 e. The van der Waals surface area contributed by atoms with E-state index in [9.17, 15) is 34.5 Å². The summed E-state index contributed by atoms with van der Waals surface area (Å²) in [6, 6.07) is 0. The molecule has 1 fully saturated rings. The molecule has 4 rings (SSSR count). The van der Waals surface area contributed by atoms with Gasteiger partial charge >= 0.3 is 5.97 Å². The summed E-state index contributed by atoms with van der Waals surface area (Å²) in [5.41, 5.74) is -4.21. The fraction of sp³-hybridized carbons (Fsp3) is 0.733. The first-order valence-corrected chi connectivity index (χ1v) is 13.6. The molecular weight excluding hydrogens is 488 g/mol. The Morgan fingerprint density at radius 3 is 2.32 bits per heavy atom. The zero-order chi connectivity index (χ0) is 28.8. The van der Waals surface area contributed by atoms with Gasteiger partial charge in [-0.15, -0.1) is 0 Å². The molecule has 4 aliphatic carbocycles. The van der Waals surface area contributed by atoms with Crippen molar-refractivity contribution in [2.75, 3.05) is 0 Å². The predicted octanol–water partition coefficient (Wildman–Crippen LogP) is 3.17. The van der Waals surface area contributed by atoms with Crippen molar-refractivity contribution in [2.45, 2.75) is 105 Å². The van der Waals surface area contributed by atoms with Crippen LogP contribution in [0.1, 0.15) is 87.0 Å². The van der Waals surface area contributed by atoms with Crippen LogP contribution < -0.4 is 0 Å². The average molecular weight is 531 g/mol. The van der Waals surface area contributed by atoms with E-state index >= 15 is 0 Å². The number of aliphatic carboxylic acids is 1. The van der Waals surface area contributed by atoms with Crippen molar-refractivity contribution in [1.29, 1.82) is 0 Å². The number of carboxylic acid groups (broad SMARTS) is 1. The van der Waals surface area contributed by atoms with Crippen LogP contribution in [0.3, 0.4) is 0 Å². The van der Waals surface area contributed by atoms with Crippen LogP contribution in [-0.4, -0.2) is 61.6 Å². The van der Waals surface area contributed by atoms with E-state index < -0.39 is 57.1 Å². The van der Waals surface area contributed by atoms with Crippen LogP contribution in [0, 0.1) is 33.5 Å². The molecule has 0 spiro atoms. The van der Waals surface area contributed by atoms with Gasteiger partial charge in [-0.1, -0.05) is 34.6 Å². The number of aliphatic hydroxyl groups excluding tert-OH is 2. The van der Waals surface area contributed by atoms with Crippen LogP contribution >= 0.6 is 0 Å². The molecule has 38 heavy (non-hydrogen) atoms. The lowest BCUT2D eigenvalue weighted by Crippen LogP contribution is -2.61. The number of ketones is 3. The Bertz CT molecular complexity index is 1170. The number of aliphatic hydroxyl groups is 3. The van der Waals surface area contributed by atoms with E-state index in [4.69, 9.17) is 5.11 Å². The quantitative estimate of drug-likeness (QED) is 0.409. The maximum atomic E-state index is 14.1. The van der Waals surface area contributed by atoms with E-state index in [2.05, 4.69) is 0 Å². The molecule has 4 aliphatic rings. The van der Waals surface area contributed by atoms with Crippen LogP contribution in [0.5, 0.6) is 0 Å². The fourth-order valence-electron chi connectivity index (χ4n) is 8.58. The number of carbonyl (C=O) groups excluding carboxylic acids is 3. The number of rotatable bonds is 6. The number of allylic oxidation sites excluding steroid dienone is 2. The predicted molar refractivity (Wildman–Crippen MR) is 139 cm³/mol. The lowest BCUT2D eigenvalue weighted by molar-refractivity contribution is -0.144. The highest BCUT2D eigenvalue weighted by molar-refractivity contribution is 6.10. The Balaban J connectivity index is 1.79. The SMILES string of the molecule is C[C@@H](CC(=O)C[C@](C)(O)C1=CC(=O)[C@@]2(C)C3=C(C(=O)C[C@]12C)[C@@]1(C)CC[C@H](O)C(C)(C)[C@H]1C[C@@H]3O)C(=O)O. The van der Waals surface area contributed by atoms with Gasteiger partial charge in [0, 0.05) is 30.3 Å². The highest BCUT2D eigenvalue weighted by Gasteiger charge is 2.69. The fourth-order valence-corrected chi connectivity index (χ4v) is 8.58. The number of carboxylic acids is 1. The molecule has 1 saturated carbocycles. The minimum atomic E-state index is -1.78. The largest absolute Gasteiger partial charge is 0.481 e. The van der Waals surface area contributed by atoms with E-state index in [0.717, 1.165) is 0 Å². The van der Waals surface area contributed by atoms with Crippen molar-refractivity contribution >= 4 is 23.3 Å². The zero-order valence-electron chi connectivity index (χ0n) is 23.6. The van der Waals surface area contributed by atoms with Gasteiger partial charge in [0.05, 0.1) is 29.1 Å². The summed E-state index contributed by atoms with van der Waals surface area (Å²) in [6.45, 7) is 12.3. The summed E-state index contributed by atoms with van der Waals surface area (Å²) in [6.07, 6.45) is 0.391. The molecule has 0 unspecified atom stereocenters. The van der Waals surface area contributed by atoms with Crippen molar-refractivity contribution in [3.05, 3.63) is 22.8 Å². The molecule has 0 aromatic carbocycles. The van der Waals surface area contributed by atoms with Gasteiger partial charge in [0.1, 0.15) is 5.78 Å². The average Bonchev–Trinajstić information content (AvgIpc) is 2.99. The maximum Gasteiger partial charge on any atom is 0.306 e. The van der Waals surface area contributed by atoms with Crippen LogP contribution in [-0.2, 0) is 19.2 Å². The minimum Gasteiger partial charge on any atom is -0.481 e. The number of carbonyl (C=O) groups is 4. The molecular formula is C30H42O8. The van der Waals surface area contributed by atoms with E-state index in [1.54, 1.807) is 13.8 Å². The molecule has 8 heteroatoms. The molecule has 0 aliphatic heterocycles.